The molecule has 3 aromatic rings. The highest BCUT2D eigenvalue weighted by Gasteiger charge is 2.20. The molecule has 0 unspecified atom stereocenters. The van der Waals surface area contributed by atoms with Crippen molar-refractivity contribution in [2.24, 2.45) is 7.05 Å². The summed E-state index contributed by atoms with van der Waals surface area (Å²) < 4.78 is 1.86. The number of benzene rings is 2. The van der Waals surface area contributed by atoms with Crippen molar-refractivity contribution in [2.45, 2.75) is 6.04 Å². The molecular formula is C18H16Cl2N4O. The minimum atomic E-state index is -0.420. The number of amides is 2. The number of rotatable bonds is 4. The van der Waals surface area contributed by atoms with E-state index in [2.05, 4.69) is 15.6 Å². The number of urea groups is 1. The van der Waals surface area contributed by atoms with Crippen LogP contribution in [0.5, 0.6) is 0 Å². The lowest BCUT2D eigenvalue weighted by Crippen LogP contribution is -2.34. The zero-order chi connectivity index (χ0) is 17.8. The largest absolute Gasteiger partial charge is 0.336 e. The summed E-state index contributed by atoms with van der Waals surface area (Å²) in [5, 5.41) is 6.90. The molecule has 128 valence electrons. The maximum absolute atomic E-state index is 12.5. The number of hydrogen-bond acceptors (Lipinski definition) is 2. The second-order valence-corrected chi connectivity index (χ2v) is 6.36. The van der Waals surface area contributed by atoms with Crippen LogP contribution in [0.4, 0.5) is 10.5 Å². The Morgan fingerprint density at radius 1 is 1.12 bits per heavy atom. The number of aromatic nitrogens is 2. The fourth-order valence-corrected chi connectivity index (χ4v) is 2.79. The van der Waals surface area contributed by atoms with Crippen molar-refractivity contribution in [3.05, 3.63) is 82.4 Å². The number of aryl methyl sites for hydroxylation is 1. The van der Waals surface area contributed by atoms with Crippen LogP contribution in [0.3, 0.4) is 0 Å². The molecule has 1 aromatic heterocycles. The van der Waals surface area contributed by atoms with Crippen LogP contribution >= 0.6 is 23.2 Å². The Kier molecular flexibility index (Phi) is 5.26. The third-order valence-corrected chi connectivity index (χ3v) is 4.16. The zero-order valence-corrected chi connectivity index (χ0v) is 14.9. The van der Waals surface area contributed by atoms with Crippen molar-refractivity contribution in [1.29, 1.82) is 0 Å². The Bertz CT molecular complexity index is 877. The lowest BCUT2D eigenvalue weighted by molar-refractivity contribution is 0.249. The van der Waals surface area contributed by atoms with Crippen LogP contribution in [0.25, 0.3) is 0 Å². The van der Waals surface area contributed by atoms with E-state index < -0.39 is 6.04 Å². The van der Waals surface area contributed by atoms with E-state index in [0.717, 1.165) is 5.56 Å². The lowest BCUT2D eigenvalue weighted by Gasteiger charge is -2.19. The Morgan fingerprint density at radius 2 is 1.88 bits per heavy atom. The van der Waals surface area contributed by atoms with E-state index in [0.29, 0.717) is 21.6 Å². The van der Waals surface area contributed by atoms with Gasteiger partial charge in [-0.15, -0.1) is 0 Å². The van der Waals surface area contributed by atoms with Crippen molar-refractivity contribution in [3.63, 3.8) is 0 Å². The van der Waals surface area contributed by atoms with Crippen LogP contribution in [-0.2, 0) is 7.05 Å². The molecule has 1 heterocycles. The van der Waals surface area contributed by atoms with Crippen molar-refractivity contribution < 1.29 is 4.79 Å². The Labute approximate surface area is 155 Å². The summed E-state index contributed by atoms with van der Waals surface area (Å²) in [6, 6.07) is 13.5. The highest BCUT2D eigenvalue weighted by molar-refractivity contribution is 6.31. The number of hydrogen-bond donors (Lipinski definition) is 2. The van der Waals surface area contributed by atoms with Gasteiger partial charge in [-0.1, -0.05) is 41.4 Å². The number of nitrogens with one attached hydrogen (secondary N) is 2. The first kappa shape index (κ1) is 17.3. The van der Waals surface area contributed by atoms with Gasteiger partial charge in [0.2, 0.25) is 0 Å². The Balaban J connectivity index is 1.83. The van der Waals surface area contributed by atoms with Crippen molar-refractivity contribution >= 4 is 34.9 Å². The van der Waals surface area contributed by atoms with Gasteiger partial charge in [0, 0.05) is 35.2 Å². The fourth-order valence-electron chi connectivity index (χ4n) is 2.47. The standard InChI is InChI=1S/C18H16Cl2N4O/c1-24-10-9-21-17(24)16(12-5-7-13(19)8-6-12)23-18(25)22-15-4-2-3-14(20)11-15/h2-11,16H,1H3,(H2,22,23,25)/t16-/m0/s1. The van der Waals surface area contributed by atoms with Gasteiger partial charge in [-0.3, -0.25) is 0 Å². The third kappa shape index (κ3) is 4.32. The number of nitrogens with zero attached hydrogens (tertiary/aromatic N) is 2. The first-order valence-electron chi connectivity index (χ1n) is 7.59. The zero-order valence-electron chi connectivity index (χ0n) is 13.4. The second kappa shape index (κ2) is 7.59. The van der Waals surface area contributed by atoms with E-state index in [-0.39, 0.29) is 6.03 Å². The molecule has 5 nitrogen and oxygen atoms in total. The molecule has 0 aliphatic carbocycles. The first-order chi connectivity index (χ1) is 12.0. The van der Waals surface area contributed by atoms with E-state index in [9.17, 15) is 4.79 Å². The minimum absolute atomic E-state index is 0.356. The molecule has 0 aliphatic rings. The summed E-state index contributed by atoms with van der Waals surface area (Å²) in [7, 11) is 1.88. The van der Waals surface area contributed by atoms with Crippen molar-refractivity contribution in [3.8, 4) is 0 Å². The molecule has 0 fully saturated rings. The van der Waals surface area contributed by atoms with E-state index in [1.54, 1.807) is 42.6 Å². The molecule has 0 radical (unpaired) electrons. The molecule has 1 atom stereocenters. The lowest BCUT2D eigenvalue weighted by atomic mass is 10.1. The molecule has 25 heavy (non-hydrogen) atoms. The summed E-state index contributed by atoms with van der Waals surface area (Å²) in [5.41, 5.74) is 1.49. The van der Waals surface area contributed by atoms with Crippen LogP contribution in [0.15, 0.2) is 60.9 Å². The molecule has 0 bridgehead atoms. The highest BCUT2D eigenvalue weighted by Crippen LogP contribution is 2.23. The molecule has 0 saturated heterocycles. The quantitative estimate of drug-likeness (QED) is 0.698. The SMILES string of the molecule is Cn1ccnc1[C@@H](NC(=O)Nc1cccc(Cl)c1)c1ccc(Cl)cc1. The van der Waals surface area contributed by atoms with Gasteiger partial charge in [-0.2, -0.15) is 0 Å². The number of imidazole rings is 1. The number of carbonyl (C=O) groups excluding carboxylic acids is 1. The van der Waals surface area contributed by atoms with Gasteiger partial charge in [0.15, 0.2) is 0 Å². The first-order valence-corrected chi connectivity index (χ1v) is 8.34. The predicted octanol–water partition coefficient (Wildman–Crippen LogP) is 4.64. The molecule has 0 saturated carbocycles. The Hall–Kier alpha value is -2.50. The maximum Gasteiger partial charge on any atom is 0.320 e. The smallest absolute Gasteiger partial charge is 0.320 e. The van der Waals surface area contributed by atoms with Gasteiger partial charge in [0.1, 0.15) is 11.9 Å². The molecule has 2 aromatic carbocycles. The van der Waals surface area contributed by atoms with E-state index in [1.165, 1.54) is 0 Å². The molecular weight excluding hydrogens is 359 g/mol. The highest BCUT2D eigenvalue weighted by atomic mass is 35.5. The van der Waals surface area contributed by atoms with Gasteiger partial charge in [-0.25, -0.2) is 9.78 Å². The van der Waals surface area contributed by atoms with Gasteiger partial charge < -0.3 is 15.2 Å². The van der Waals surface area contributed by atoms with E-state index in [4.69, 9.17) is 23.2 Å². The monoisotopic (exact) mass is 374 g/mol. The minimum Gasteiger partial charge on any atom is -0.336 e. The normalized spacial score (nSPS) is 11.8. The van der Waals surface area contributed by atoms with Crippen LogP contribution in [0.1, 0.15) is 17.4 Å². The van der Waals surface area contributed by atoms with Crippen molar-refractivity contribution in [1.82, 2.24) is 14.9 Å². The van der Waals surface area contributed by atoms with Gasteiger partial charge in [0.05, 0.1) is 0 Å². The number of halogens is 2. The topological polar surface area (TPSA) is 59.0 Å². The molecule has 2 amide bonds. The number of carbonyl (C=O) groups is 1. The summed E-state index contributed by atoms with van der Waals surface area (Å²) in [6.07, 6.45) is 3.52. The summed E-state index contributed by atoms with van der Waals surface area (Å²) >= 11 is 11.9. The summed E-state index contributed by atoms with van der Waals surface area (Å²) in [5.74, 6) is 0.712. The maximum atomic E-state index is 12.5. The summed E-state index contributed by atoms with van der Waals surface area (Å²) in [4.78, 5) is 16.8. The van der Waals surface area contributed by atoms with Crippen LogP contribution in [0, 0.1) is 0 Å². The fraction of sp³-hybridized carbons (Fsp3) is 0.111. The van der Waals surface area contributed by atoms with Gasteiger partial charge >= 0.3 is 6.03 Å². The molecule has 3 rings (SSSR count). The molecule has 0 spiro atoms. The predicted molar refractivity (Wildman–Crippen MR) is 100 cm³/mol. The van der Waals surface area contributed by atoms with Gasteiger partial charge in [0.25, 0.3) is 0 Å². The van der Waals surface area contributed by atoms with Gasteiger partial charge in [-0.05, 0) is 35.9 Å². The third-order valence-electron chi connectivity index (χ3n) is 3.68. The number of anilines is 1. The molecule has 0 aliphatic heterocycles. The van der Waals surface area contributed by atoms with Crippen LogP contribution < -0.4 is 10.6 Å². The van der Waals surface area contributed by atoms with E-state index in [1.807, 2.05) is 29.9 Å². The van der Waals surface area contributed by atoms with Crippen LogP contribution in [0.2, 0.25) is 10.0 Å². The average molecular weight is 375 g/mol. The average Bonchev–Trinajstić information content (AvgIpc) is 2.99. The summed E-state index contributed by atoms with van der Waals surface area (Å²) in [6.45, 7) is 0. The van der Waals surface area contributed by atoms with Crippen molar-refractivity contribution in [2.75, 3.05) is 5.32 Å². The Morgan fingerprint density at radius 3 is 2.52 bits per heavy atom. The van der Waals surface area contributed by atoms with Crippen LogP contribution in [-0.4, -0.2) is 15.6 Å². The molecule has 7 heteroatoms. The second-order valence-electron chi connectivity index (χ2n) is 5.49. The van der Waals surface area contributed by atoms with E-state index >= 15 is 0 Å². The molecule has 2 N–H and O–H groups in total.